The molecule has 0 radical (unpaired) electrons. The third-order valence-electron chi connectivity index (χ3n) is 2.51. The molecule has 1 aromatic heterocycles. The molecule has 108 valence electrons. The molecule has 0 amide bonds. The van der Waals surface area contributed by atoms with Crippen molar-refractivity contribution in [2.24, 2.45) is 5.73 Å². The van der Waals surface area contributed by atoms with Gasteiger partial charge in [0.1, 0.15) is 5.76 Å². The summed E-state index contributed by atoms with van der Waals surface area (Å²) in [5, 5.41) is -0.283. The first-order chi connectivity index (χ1) is 9.46. The van der Waals surface area contributed by atoms with Crippen molar-refractivity contribution in [3.8, 4) is 5.75 Å². The lowest BCUT2D eigenvalue weighted by molar-refractivity contribution is 0.386. The zero-order valence-electron chi connectivity index (χ0n) is 10.6. The summed E-state index contributed by atoms with van der Waals surface area (Å²) in [6.45, 7) is 0.0900. The number of benzene rings is 1. The smallest absolute Gasteiger partial charge is 0.295 e. The minimum atomic E-state index is -3.92. The number of anilines is 1. The van der Waals surface area contributed by atoms with Crippen LogP contribution in [0, 0.1) is 5.82 Å². The van der Waals surface area contributed by atoms with E-state index >= 15 is 0 Å². The average Bonchev–Trinajstić information content (AvgIpc) is 2.88. The standard InChI is InChI=1S/C12H13FN2O4S/c1-18-11-4-2-8(6-10(11)13)15-20(16,17)12-5-3-9(7-14)19-12/h2-6,15H,7,14H2,1H3. The van der Waals surface area contributed by atoms with Crippen molar-refractivity contribution < 1.29 is 22.0 Å². The number of furan rings is 1. The van der Waals surface area contributed by atoms with Crippen molar-refractivity contribution in [3.63, 3.8) is 0 Å². The van der Waals surface area contributed by atoms with Gasteiger partial charge in [0.05, 0.1) is 19.3 Å². The van der Waals surface area contributed by atoms with Gasteiger partial charge in [-0.1, -0.05) is 0 Å². The molecule has 2 rings (SSSR count). The third-order valence-corrected chi connectivity index (χ3v) is 3.76. The highest BCUT2D eigenvalue weighted by atomic mass is 32.2. The Bertz CT molecular complexity index is 712. The molecule has 2 aromatic rings. The fourth-order valence-corrected chi connectivity index (χ4v) is 2.55. The number of nitrogens with one attached hydrogen (secondary N) is 1. The predicted octanol–water partition coefficient (Wildman–Crippen LogP) is 1.69. The van der Waals surface area contributed by atoms with Gasteiger partial charge in [-0.15, -0.1) is 0 Å². The maximum atomic E-state index is 13.5. The predicted molar refractivity (Wildman–Crippen MR) is 70.4 cm³/mol. The first-order valence-electron chi connectivity index (χ1n) is 5.61. The van der Waals surface area contributed by atoms with Crippen molar-refractivity contribution in [1.82, 2.24) is 0 Å². The molecule has 0 bridgehead atoms. The number of rotatable bonds is 5. The molecule has 6 nitrogen and oxygen atoms in total. The van der Waals surface area contributed by atoms with Gasteiger partial charge in [-0.3, -0.25) is 4.72 Å². The maximum Gasteiger partial charge on any atom is 0.295 e. The van der Waals surface area contributed by atoms with Crippen LogP contribution < -0.4 is 15.2 Å². The summed E-state index contributed by atoms with van der Waals surface area (Å²) in [7, 11) is -2.60. The number of halogens is 1. The van der Waals surface area contributed by atoms with Crippen molar-refractivity contribution in [2.75, 3.05) is 11.8 Å². The van der Waals surface area contributed by atoms with Crippen LogP contribution in [0.15, 0.2) is 39.8 Å². The van der Waals surface area contributed by atoms with E-state index in [2.05, 4.69) is 4.72 Å². The van der Waals surface area contributed by atoms with Gasteiger partial charge in [-0.05, 0) is 24.3 Å². The molecule has 0 aliphatic carbocycles. The third kappa shape index (κ3) is 2.91. The molecule has 0 aliphatic rings. The Balaban J connectivity index is 2.26. The lowest BCUT2D eigenvalue weighted by Gasteiger charge is -2.07. The van der Waals surface area contributed by atoms with Crippen LogP contribution in [-0.4, -0.2) is 15.5 Å². The molecule has 1 heterocycles. The molecule has 8 heteroatoms. The number of ether oxygens (including phenoxy) is 1. The van der Waals surface area contributed by atoms with Gasteiger partial charge in [-0.25, -0.2) is 4.39 Å². The highest BCUT2D eigenvalue weighted by Crippen LogP contribution is 2.23. The van der Waals surface area contributed by atoms with E-state index in [0.717, 1.165) is 6.07 Å². The van der Waals surface area contributed by atoms with E-state index in [4.69, 9.17) is 14.9 Å². The minimum Gasteiger partial charge on any atom is -0.494 e. The highest BCUT2D eigenvalue weighted by molar-refractivity contribution is 7.92. The average molecular weight is 300 g/mol. The summed E-state index contributed by atoms with van der Waals surface area (Å²) in [6, 6.07) is 6.46. The summed E-state index contributed by atoms with van der Waals surface area (Å²) in [6.07, 6.45) is 0. The molecular formula is C12H13FN2O4S. The van der Waals surface area contributed by atoms with Crippen molar-refractivity contribution >= 4 is 15.7 Å². The van der Waals surface area contributed by atoms with Crippen molar-refractivity contribution in [2.45, 2.75) is 11.6 Å². The number of hydrogen-bond donors (Lipinski definition) is 2. The van der Waals surface area contributed by atoms with Gasteiger partial charge < -0.3 is 14.9 Å². The van der Waals surface area contributed by atoms with E-state index in [0.29, 0.717) is 5.76 Å². The lowest BCUT2D eigenvalue weighted by Crippen LogP contribution is -2.12. The van der Waals surface area contributed by atoms with Gasteiger partial charge in [-0.2, -0.15) is 8.42 Å². The van der Waals surface area contributed by atoms with Crippen LogP contribution in [-0.2, 0) is 16.6 Å². The number of methoxy groups -OCH3 is 1. The summed E-state index contributed by atoms with van der Waals surface area (Å²) >= 11 is 0. The second kappa shape index (κ2) is 5.51. The van der Waals surface area contributed by atoms with E-state index < -0.39 is 15.8 Å². The van der Waals surface area contributed by atoms with Gasteiger partial charge in [0.15, 0.2) is 11.6 Å². The molecule has 1 aromatic carbocycles. The Labute approximate surface area is 115 Å². The molecule has 0 fully saturated rings. The Morgan fingerprint density at radius 1 is 1.35 bits per heavy atom. The molecule has 0 saturated heterocycles. The fraction of sp³-hybridized carbons (Fsp3) is 0.167. The first-order valence-corrected chi connectivity index (χ1v) is 7.09. The topological polar surface area (TPSA) is 94.6 Å². The van der Waals surface area contributed by atoms with Crippen molar-refractivity contribution in [3.05, 3.63) is 41.9 Å². The molecule has 0 unspecified atom stereocenters. The molecular weight excluding hydrogens is 287 g/mol. The molecule has 0 spiro atoms. The molecule has 0 atom stereocenters. The van der Waals surface area contributed by atoms with Gasteiger partial charge in [0.2, 0.25) is 5.09 Å². The second-order valence-corrected chi connectivity index (χ2v) is 5.49. The van der Waals surface area contributed by atoms with Gasteiger partial charge in [0.25, 0.3) is 10.0 Å². The normalized spacial score (nSPS) is 11.3. The fourth-order valence-electron chi connectivity index (χ4n) is 1.55. The van der Waals surface area contributed by atoms with Crippen LogP contribution in [0.4, 0.5) is 10.1 Å². The molecule has 3 N–H and O–H groups in total. The Morgan fingerprint density at radius 2 is 2.10 bits per heavy atom. The van der Waals surface area contributed by atoms with Crippen LogP contribution in [0.3, 0.4) is 0 Å². The van der Waals surface area contributed by atoms with Crippen LogP contribution >= 0.6 is 0 Å². The zero-order valence-corrected chi connectivity index (χ0v) is 11.4. The van der Waals surface area contributed by atoms with Crippen LogP contribution in [0.5, 0.6) is 5.75 Å². The van der Waals surface area contributed by atoms with E-state index in [9.17, 15) is 12.8 Å². The van der Waals surface area contributed by atoms with Gasteiger partial charge >= 0.3 is 0 Å². The van der Waals surface area contributed by atoms with Crippen LogP contribution in [0.2, 0.25) is 0 Å². The van der Waals surface area contributed by atoms with Crippen LogP contribution in [0.25, 0.3) is 0 Å². The molecule has 0 aliphatic heterocycles. The largest absolute Gasteiger partial charge is 0.494 e. The monoisotopic (exact) mass is 300 g/mol. The maximum absolute atomic E-state index is 13.5. The summed E-state index contributed by atoms with van der Waals surface area (Å²) in [4.78, 5) is 0. The minimum absolute atomic E-state index is 0.0244. The zero-order chi connectivity index (χ0) is 14.8. The lowest BCUT2D eigenvalue weighted by atomic mass is 10.3. The SMILES string of the molecule is COc1ccc(NS(=O)(=O)c2ccc(CN)o2)cc1F. The summed E-state index contributed by atoms with van der Waals surface area (Å²) in [5.41, 5.74) is 5.40. The number of sulfonamides is 1. The summed E-state index contributed by atoms with van der Waals surface area (Å²) < 4.78 is 49.5. The van der Waals surface area contributed by atoms with E-state index in [1.165, 1.54) is 31.4 Å². The van der Waals surface area contributed by atoms with E-state index in [1.807, 2.05) is 0 Å². The Kier molecular flexibility index (Phi) is 3.96. The Hall–Kier alpha value is -2.06. The quantitative estimate of drug-likeness (QED) is 0.876. The summed E-state index contributed by atoms with van der Waals surface area (Å²) in [5.74, 6) is -0.308. The van der Waals surface area contributed by atoms with E-state index in [-0.39, 0.29) is 23.1 Å². The highest BCUT2D eigenvalue weighted by Gasteiger charge is 2.19. The van der Waals surface area contributed by atoms with E-state index in [1.54, 1.807) is 0 Å². The molecule has 0 saturated carbocycles. The number of hydrogen-bond acceptors (Lipinski definition) is 5. The van der Waals surface area contributed by atoms with Crippen LogP contribution in [0.1, 0.15) is 5.76 Å². The molecule has 20 heavy (non-hydrogen) atoms. The number of nitrogens with two attached hydrogens (primary N) is 1. The van der Waals surface area contributed by atoms with Gasteiger partial charge in [0, 0.05) is 6.07 Å². The van der Waals surface area contributed by atoms with Crippen molar-refractivity contribution in [1.29, 1.82) is 0 Å². The first kappa shape index (κ1) is 14.4. The Morgan fingerprint density at radius 3 is 2.65 bits per heavy atom. The second-order valence-electron chi connectivity index (χ2n) is 3.88.